The number of amides is 18. The number of thioether (sulfide) groups is 1. The van der Waals surface area contributed by atoms with Crippen molar-refractivity contribution in [3.05, 3.63) is 35.9 Å². The van der Waals surface area contributed by atoms with E-state index in [1.54, 1.807) is 50.4 Å². The van der Waals surface area contributed by atoms with Crippen LogP contribution in [0.15, 0.2) is 35.3 Å². The Bertz CT molecular complexity index is 4330. The summed E-state index contributed by atoms with van der Waals surface area (Å²) >= 11 is 1.33. The number of unbranched alkanes of at least 4 members (excludes halogenated alkanes) is 4. The summed E-state index contributed by atoms with van der Waals surface area (Å²) in [7, 11) is 1.96. The van der Waals surface area contributed by atoms with Crippen molar-refractivity contribution in [2.45, 2.75) is 317 Å². The van der Waals surface area contributed by atoms with E-state index in [2.05, 4.69) is 74.1 Å². The Hall–Kier alpha value is -10.7. The largest absolute Gasteiger partial charge is 0.481 e. The van der Waals surface area contributed by atoms with Crippen molar-refractivity contribution in [3.63, 3.8) is 0 Å². The summed E-state index contributed by atoms with van der Waals surface area (Å²) in [6.45, 7) is 8.76. The summed E-state index contributed by atoms with van der Waals surface area (Å²) < 4.78 is 0. The van der Waals surface area contributed by atoms with Crippen molar-refractivity contribution in [3.8, 4) is 0 Å². The number of nitrogens with two attached hydrogens (primary N) is 6. The van der Waals surface area contributed by atoms with Crippen molar-refractivity contribution in [2.75, 3.05) is 82.5 Å². The molecule has 0 saturated carbocycles. The van der Waals surface area contributed by atoms with Gasteiger partial charge in [-0.3, -0.25) is 96.1 Å². The van der Waals surface area contributed by atoms with E-state index in [1.165, 1.54) is 52.1 Å². The van der Waals surface area contributed by atoms with Crippen LogP contribution in [-0.4, -0.2) is 333 Å². The highest BCUT2D eigenvalue weighted by atomic mass is 33.1. The third-order valence-corrected chi connectivity index (χ3v) is 27.8. The van der Waals surface area contributed by atoms with Gasteiger partial charge in [0, 0.05) is 64.0 Å². The van der Waals surface area contributed by atoms with Gasteiger partial charge >= 0.3 is 5.97 Å². The van der Waals surface area contributed by atoms with Crippen molar-refractivity contribution in [2.24, 2.45) is 45.3 Å². The smallest absolute Gasteiger partial charge is 0.303 e. The monoisotopic (exact) mass is 2000 g/mol. The number of fused-ring (bicyclic) bond motifs is 1. The third-order valence-electron chi connectivity index (χ3n) is 24.7. The molecule has 6 rings (SSSR count). The molecule has 0 spiro atoms. The molecule has 0 bridgehead atoms. The molecule has 16 atom stereocenters. The van der Waals surface area contributed by atoms with E-state index in [0.717, 1.165) is 21.6 Å². The van der Waals surface area contributed by atoms with Crippen LogP contribution in [0, 0.1) is 5.92 Å². The number of aliphatic imine (C=N–C) groups is 1. The molecule has 1 aromatic carbocycles. The van der Waals surface area contributed by atoms with E-state index < -0.39 is 239 Å². The zero-order valence-corrected chi connectivity index (χ0v) is 82.8. The standard InChI is InChI=1S/C90H148N24O21S3/c1-8-9-26-61-84(131)111-43-22-33-68(111)83(130)110-90(5,6)88(135)109-64(50-115)79(126)107-63(49-54-24-11-10-12-25-54)78(125)108-65(80(127)106-62(29-15-18-41-93)85(132)114-46-23-34-69(114)86(133)112-44-20-31-66(112)81(128)99-55(72(94)119)35-36-70(117)118)51-138-137-48-38-60(103-76(123)59(37-47-136-7)104-82(129)67-32-21-45-113(67)87(134)71(52(2)3)98-53(4)116)77(124)101-56(27-13-16-39-91)73(120)102-58(30-19-42-97-89(95)96)74(121)100-57(75(122)105-61)28-14-17-40-92/h10-12,24-25,52,55-69,71,115H,8-9,13-23,26-51,91-93H2,1-7H3,(H2,94,119)(H,98,116)(H,99,128)(H,100,121)(H,101,124)(H,102,120)(H,103,123)(H,104,129)(H,105,122)(H,106,127)(H,107,126)(H,108,125)(H,109,135)(H,110,130)(H,117,118)(H4,95,96,97)/t55-,56-,57-,58-,59-,60?,61?,62?,63-,64-,65-,66-,67-,68-,69-,71-/m0/s1. The van der Waals surface area contributed by atoms with E-state index in [1.807, 2.05) is 6.92 Å². The average Bonchev–Trinajstić information content (AvgIpc) is 1.65. The van der Waals surface area contributed by atoms with Crippen LogP contribution in [-0.2, 0) is 97.5 Å². The Balaban J connectivity index is 1.50. The number of hydrogen-bond donors (Lipinski definition) is 21. The average molecular weight is 2000 g/mol. The second-order valence-electron chi connectivity index (χ2n) is 36.3. The number of carbonyl (C=O) groups excluding carboxylic acids is 18. The van der Waals surface area contributed by atoms with Gasteiger partial charge in [-0.05, 0) is 205 Å². The van der Waals surface area contributed by atoms with Gasteiger partial charge in [-0.2, -0.15) is 11.8 Å². The summed E-state index contributed by atoms with van der Waals surface area (Å²) in [4.78, 5) is 285. The number of guanidine groups is 1. The molecule has 18 amide bonds. The van der Waals surface area contributed by atoms with Gasteiger partial charge in [0.25, 0.3) is 0 Å². The maximum Gasteiger partial charge on any atom is 0.303 e. The fourth-order valence-corrected chi connectivity index (χ4v) is 19.7. The molecular weight excluding hydrogens is 1850 g/mol. The molecule has 5 aliphatic heterocycles. The Labute approximate surface area is 818 Å². The number of carboxylic acid groups (broad SMARTS) is 1. The van der Waals surface area contributed by atoms with Gasteiger partial charge in [0.1, 0.15) is 102 Å². The predicted molar refractivity (Wildman–Crippen MR) is 519 cm³/mol. The van der Waals surface area contributed by atoms with Gasteiger partial charge in [0.05, 0.1) is 6.61 Å². The molecule has 5 fully saturated rings. The second-order valence-corrected chi connectivity index (χ2v) is 39.9. The van der Waals surface area contributed by atoms with Gasteiger partial charge in [0.2, 0.25) is 106 Å². The highest BCUT2D eigenvalue weighted by molar-refractivity contribution is 8.76. The summed E-state index contributed by atoms with van der Waals surface area (Å²) in [5.74, 6) is -17.2. The van der Waals surface area contributed by atoms with E-state index >= 15 is 38.4 Å². The number of rotatable bonds is 42. The molecule has 138 heavy (non-hydrogen) atoms. The number of aliphatic carboxylic acids is 1. The highest BCUT2D eigenvalue weighted by Gasteiger charge is 2.48. The van der Waals surface area contributed by atoms with E-state index in [9.17, 15) is 63.0 Å². The first-order chi connectivity index (χ1) is 65.7. The summed E-state index contributed by atoms with van der Waals surface area (Å²) in [6.07, 6.45) is 4.45. The van der Waals surface area contributed by atoms with Gasteiger partial charge in [0.15, 0.2) is 5.96 Å². The first-order valence-corrected chi connectivity index (χ1v) is 51.8. The van der Waals surface area contributed by atoms with Crippen molar-refractivity contribution in [1.29, 1.82) is 0 Å². The molecule has 3 unspecified atom stereocenters. The normalized spacial score (nSPS) is 24.1. The molecule has 5 heterocycles. The molecule has 48 heteroatoms. The number of benzene rings is 1. The van der Waals surface area contributed by atoms with Crippen molar-refractivity contribution >= 4 is 152 Å². The number of carbonyl (C=O) groups is 19. The van der Waals surface area contributed by atoms with Gasteiger partial charge in [-0.1, -0.05) is 85.5 Å². The number of likely N-dealkylation sites (tertiary alicyclic amines) is 3. The lowest BCUT2D eigenvalue weighted by atomic mass is 10.0. The minimum absolute atomic E-state index is 0.00378. The lowest BCUT2D eigenvalue weighted by Gasteiger charge is -2.33. The van der Waals surface area contributed by atoms with Crippen LogP contribution in [0.4, 0.5) is 0 Å². The van der Waals surface area contributed by atoms with E-state index in [-0.39, 0.29) is 185 Å². The number of primary amides is 1. The summed E-state index contributed by atoms with van der Waals surface area (Å²) in [6, 6.07) is -14.2. The molecule has 45 nitrogen and oxygen atoms in total. The fourth-order valence-electron chi connectivity index (χ4n) is 17.0. The van der Waals surface area contributed by atoms with Crippen LogP contribution in [0.25, 0.3) is 0 Å². The predicted octanol–water partition coefficient (Wildman–Crippen LogP) is -3.91. The molecule has 0 radical (unpaired) electrons. The Morgan fingerprint density at radius 3 is 1.64 bits per heavy atom. The van der Waals surface area contributed by atoms with E-state index in [4.69, 9.17) is 34.4 Å². The third kappa shape index (κ3) is 36.8. The Morgan fingerprint density at radius 1 is 0.551 bits per heavy atom. The van der Waals surface area contributed by atoms with Crippen LogP contribution < -0.4 is 104 Å². The van der Waals surface area contributed by atoms with Crippen LogP contribution in [0.1, 0.15) is 214 Å². The van der Waals surface area contributed by atoms with Crippen molar-refractivity contribution in [1.82, 2.24) is 88.7 Å². The number of nitrogens with one attached hydrogen (secondary N) is 13. The highest BCUT2D eigenvalue weighted by Crippen LogP contribution is 2.30. The molecule has 0 aromatic heterocycles. The second kappa shape index (κ2) is 59.7. The lowest BCUT2D eigenvalue weighted by molar-refractivity contribution is -0.148. The van der Waals surface area contributed by atoms with Gasteiger partial charge < -0.3 is 133 Å². The maximum atomic E-state index is 15.6. The van der Waals surface area contributed by atoms with Crippen LogP contribution in [0.2, 0.25) is 0 Å². The molecule has 772 valence electrons. The number of carboxylic acids is 1. The number of aliphatic hydroxyl groups excluding tert-OH is 1. The quantitative estimate of drug-likeness (QED) is 0.0129. The first kappa shape index (κ1) is 116. The van der Waals surface area contributed by atoms with Gasteiger partial charge in [-0.25, -0.2) is 0 Å². The zero-order chi connectivity index (χ0) is 102. The molecule has 5 aliphatic rings. The zero-order valence-electron chi connectivity index (χ0n) is 80.4. The molecular formula is C90H148N24O21S3. The first-order valence-electron chi connectivity index (χ1n) is 48.0. The molecule has 5 saturated heterocycles. The van der Waals surface area contributed by atoms with Gasteiger partial charge in [-0.15, -0.1) is 0 Å². The molecule has 1 aromatic rings. The fraction of sp³-hybridized carbons (Fsp3) is 0.711. The van der Waals surface area contributed by atoms with Crippen molar-refractivity contribution < 1.29 is 101 Å². The molecule has 27 N–H and O–H groups in total. The topological polar surface area (TPSA) is 703 Å². The summed E-state index contributed by atoms with van der Waals surface area (Å²) in [5, 5.41) is 55.7. The summed E-state index contributed by atoms with van der Waals surface area (Å²) in [5.41, 5.74) is 33.5. The minimum atomic E-state index is -1.92. The van der Waals surface area contributed by atoms with Crippen LogP contribution in [0.5, 0.6) is 0 Å². The number of hydrogen-bond acceptors (Lipinski definition) is 27. The lowest BCUT2D eigenvalue weighted by Crippen LogP contribution is -2.63. The Morgan fingerprint density at radius 2 is 1.07 bits per heavy atom. The maximum absolute atomic E-state index is 15.6. The molecule has 0 aliphatic carbocycles. The Kier molecular flexibility index (Phi) is 50.2. The van der Waals surface area contributed by atoms with E-state index in [0.29, 0.717) is 56.9 Å². The van der Waals surface area contributed by atoms with Crippen LogP contribution in [0.3, 0.4) is 0 Å². The van der Waals surface area contributed by atoms with Crippen LogP contribution >= 0.6 is 33.3 Å². The number of aliphatic hydroxyl groups is 1. The SMILES string of the molecule is CCCCC1NC(=O)[C@H](CCCCN)NC(=O)[C@H](CCCN=C(N)N)NC(=O)[C@H](CCCCN)NC(=O)C(NC(=O)[C@H](CCSC)NC(=O)[C@@H]2CCCN2C(=O)[C@@H](NC(C)=O)C(C)C)CCSSC[C@@H](C(=O)NC(CCCCN)C(=O)N2CCC[C@H]2C(=O)N2CCC[C@H]2C(=O)N[C@@H](CCC(=O)O)C(N)=O)NC(=O)[C@H](Cc2ccccc2)NC(=O)[C@H](CO)NC(=O)C(C)(C)NC(=O)[C@@H]2CCCN2C1=O. The minimum Gasteiger partial charge on any atom is -0.481 e. The number of nitrogens with zero attached hydrogens (tertiary/aromatic N) is 5.